The zero-order chi connectivity index (χ0) is 16.7. The summed E-state index contributed by atoms with van der Waals surface area (Å²) in [5.41, 5.74) is 2.41. The fourth-order valence-electron chi connectivity index (χ4n) is 2.99. The Balaban J connectivity index is 1.64. The average Bonchev–Trinajstić information content (AvgIpc) is 2.55. The Morgan fingerprint density at radius 2 is 2.00 bits per heavy atom. The Hall–Kier alpha value is -1.55. The van der Waals surface area contributed by atoms with Crippen LogP contribution in [0.2, 0.25) is 0 Å². The van der Waals surface area contributed by atoms with E-state index in [4.69, 9.17) is 9.47 Å². The van der Waals surface area contributed by atoms with Gasteiger partial charge in [0.1, 0.15) is 5.75 Å². The van der Waals surface area contributed by atoms with Crippen molar-refractivity contribution in [2.24, 2.45) is 5.92 Å². The fraction of sp³-hybridized carbons (Fsp3) is 0.632. The van der Waals surface area contributed by atoms with E-state index in [9.17, 15) is 4.79 Å². The third-order valence-electron chi connectivity index (χ3n) is 4.43. The van der Waals surface area contributed by atoms with Gasteiger partial charge in [-0.15, -0.1) is 0 Å². The van der Waals surface area contributed by atoms with Crippen LogP contribution in [0, 0.1) is 19.8 Å². The van der Waals surface area contributed by atoms with Crippen LogP contribution in [0.1, 0.15) is 37.3 Å². The molecule has 4 nitrogen and oxygen atoms in total. The van der Waals surface area contributed by atoms with Crippen molar-refractivity contribution in [3.63, 3.8) is 0 Å². The minimum absolute atomic E-state index is 0.0228. The number of carbonyl (C=O) groups is 1. The van der Waals surface area contributed by atoms with Crippen LogP contribution in [0.4, 0.5) is 0 Å². The van der Waals surface area contributed by atoms with Gasteiger partial charge in [-0.25, -0.2) is 0 Å². The molecular weight excluding hydrogens is 290 g/mol. The number of hydrogen-bond donors (Lipinski definition) is 0. The number of ether oxygens (including phenoxy) is 2. The Morgan fingerprint density at radius 1 is 1.26 bits per heavy atom. The maximum absolute atomic E-state index is 11.7. The molecule has 4 heteroatoms. The minimum Gasteiger partial charge on any atom is -0.493 e. The van der Waals surface area contributed by atoms with Crippen molar-refractivity contribution in [2.45, 2.75) is 40.0 Å². The molecule has 0 saturated carbocycles. The van der Waals surface area contributed by atoms with Gasteiger partial charge in [0.15, 0.2) is 0 Å². The number of likely N-dealkylation sites (tertiary alicyclic amines) is 1. The lowest BCUT2D eigenvalue weighted by Crippen LogP contribution is -2.37. The smallest absolute Gasteiger partial charge is 0.309 e. The molecule has 0 unspecified atom stereocenters. The summed E-state index contributed by atoms with van der Waals surface area (Å²) in [6, 6.07) is 6.31. The van der Waals surface area contributed by atoms with E-state index in [1.165, 1.54) is 11.1 Å². The number of hydrogen-bond acceptors (Lipinski definition) is 4. The number of esters is 1. The van der Waals surface area contributed by atoms with Crippen LogP contribution in [0.25, 0.3) is 0 Å². The molecule has 0 atom stereocenters. The number of carbonyl (C=O) groups excluding carboxylic acids is 1. The van der Waals surface area contributed by atoms with Gasteiger partial charge >= 0.3 is 5.97 Å². The predicted molar refractivity (Wildman–Crippen MR) is 91.8 cm³/mol. The number of aryl methyl sites for hydroxylation is 2. The largest absolute Gasteiger partial charge is 0.493 e. The summed E-state index contributed by atoms with van der Waals surface area (Å²) in [6.45, 7) is 10.2. The molecule has 128 valence electrons. The molecule has 1 heterocycles. The molecule has 1 aromatic rings. The van der Waals surface area contributed by atoms with Crippen LogP contribution < -0.4 is 4.74 Å². The molecule has 0 bridgehead atoms. The highest BCUT2D eigenvalue weighted by Gasteiger charge is 2.25. The van der Waals surface area contributed by atoms with Gasteiger partial charge in [0, 0.05) is 6.54 Å². The van der Waals surface area contributed by atoms with E-state index in [1.54, 1.807) is 0 Å². The SMILES string of the molecule is CCOC(=O)C1CCN(CCCOc2cc(C)ccc2C)CC1. The van der Waals surface area contributed by atoms with Gasteiger partial charge in [-0.2, -0.15) is 0 Å². The highest BCUT2D eigenvalue weighted by molar-refractivity contribution is 5.72. The molecular formula is C19H29NO3. The van der Waals surface area contributed by atoms with Crippen LogP contribution in [0.15, 0.2) is 18.2 Å². The summed E-state index contributed by atoms with van der Waals surface area (Å²) >= 11 is 0. The van der Waals surface area contributed by atoms with Gasteiger partial charge in [-0.3, -0.25) is 4.79 Å². The zero-order valence-corrected chi connectivity index (χ0v) is 14.6. The molecule has 0 aromatic heterocycles. The monoisotopic (exact) mass is 319 g/mol. The summed E-state index contributed by atoms with van der Waals surface area (Å²) in [5, 5.41) is 0. The van der Waals surface area contributed by atoms with E-state index in [-0.39, 0.29) is 11.9 Å². The number of rotatable bonds is 7. The van der Waals surface area contributed by atoms with Crippen LogP contribution in [0.5, 0.6) is 5.75 Å². The van der Waals surface area contributed by atoms with E-state index in [1.807, 2.05) is 6.92 Å². The highest BCUT2D eigenvalue weighted by Crippen LogP contribution is 2.20. The van der Waals surface area contributed by atoms with Crippen molar-refractivity contribution in [2.75, 3.05) is 32.8 Å². The first-order valence-corrected chi connectivity index (χ1v) is 8.69. The molecule has 1 saturated heterocycles. The number of nitrogens with zero attached hydrogens (tertiary/aromatic N) is 1. The van der Waals surface area contributed by atoms with Gasteiger partial charge < -0.3 is 14.4 Å². The Kier molecular flexibility index (Phi) is 6.90. The van der Waals surface area contributed by atoms with Gasteiger partial charge in [0.25, 0.3) is 0 Å². The van der Waals surface area contributed by atoms with Gasteiger partial charge in [0.2, 0.25) is 0 Å². The first-order chi connectivity index (χ1) is 11.1. The van der Waals surface area contributed by atoms with Crippen LogP contribution in [-0.2, 0) is 9.53 Å². The standard InChI is InChI=1S/C19H29NO3/c1-4-22-19(21)17-8-11-20(12-9-17)10-5-13-23-18-14-15(2)6-7-16(18)3/h6-7,14,17H,4-5,8-13H2,1-3H3. The molecule has 0 amide bonds. The second-order valence-electron chi connectivity index (χ2n) is 6.34. The second kappa shape index (κ2) is 8.92. The van der Waals surface area contributed by atoms with E-state index in [2.05, 4.69) is 36.9 Å². The third kappa shape index (κ3) is 5.54. The predicted octanol–water partition coefficient (Wildman–Crippen LogP) is 3.35. The lowest BCUT2D eigenvalue weighted by Gasteiger charge is -2.30. The van der Waals surface area contributed by atoms with Crippen LogP contribution in [-0.4, -0.2) is 43.7 Å². The Bertz CT molecular complexity index is 507. The van der Waals surface area contributed by atoms with Crippen molar-refractivity contribution >= 4 is 5.97 Å². The van der Waals surface area contributed by atoms with Crippen molar-refractivity contribution < 1.29 is 14.3 Å². The van der Waals surface area contributed by atoms with E-state index >= 15 is 0 Å². The highest BCUT2D eigenvalue weighted by atomic mass is 16.5. The summed E-state index contributed by atoms with van der Waals surface area (Å²) in [4.78, 5) is 14.1. The van der Waals surface area contributed by atoms with E-state index in [0.29, 0.717) is 6.61 Å². The molecule has 1 fully saturated rings. The van der Waals surface area contributed by atoms with Crippen molar-refractivity contribution in [1.82, 2.24) is 4.90 Å². The molecule has 0 spiro atoms. The van der Waals surface area contributed by atoms with E-state index in [0.717, 1.165) is 51.3 Å². The minimum atomic E-state index is -0.0228. The maximum atomic E-state index is 11.7. The molecule has 23 heavy (non-hydrogen) atoms. The van der Waals surface area contributed by atoms with Gasteiger partial charge in [-0.1, -0.05) is 12.1 Å². The summed E-state index contributed by atoms with van der Waals surface area (Å²) in [6.07, 6.45) is 2.84. The molecule has 2 rings (SSSR count). The Morgan fingerprint density at radius 3 is 2.70 bits per heavy atom. The quantitative estimate of drug-likeness (QED) is 0.571. The Labute approximate surface area is 139 Å². The summed E-state index contributed by atoms with van der Waals surface area (Å²) in [7, 11) is 0. The lowest BCUT2D eigenvalue weighted by molar-refractivity contribution is -0.149. The summed E-state index contributed by atoms with van der Waals surface area (Å²) < 4.78 is 11.0. The third-order valence-corrected chi connectivity index (χ3v) is 4.43. The summed E-state index contributed by atoms with van der Waals surface area (Å²) in [5.74, 6) is 1.06. The van der Waals surface area contributed by atoms with Crippen molar-refractivity contribution in [3.05, 3.63) is 29.3 Å². The van der Waals surface area contributed by atoms with Gasteiger partial charge in [-0.05, 0) is 70.3 Å². The van der Waals surface area contributed by atoms with E-state index < -0.39 is 0 Å². The molecule has 0 N–H and O–H groups in total. The maximum Gasteiger partial charge on any atom is 0.309 e. The first-order valence-electron chi connectivity index (χ1n) is 8.69. The molecule has 0 radical (unpaired) electrons. The molecule has 1 aliphatic heterocycles. The van der Waals surface area contributed by atoms with Crippen LogP contribution in [0.3, 0.4) is 0 Å². The second-order valence-corrected chi connectivity index (χ2v) is 6.34. The fourth-order valence-corrected chi connectivity index (χ4v) is 2.99. The first kappa shape index (κ1) is 17.8. The number of piperidine rings is 1. The molecule has 1 aliphatic rings. The molecule has 0 aliphatic carbocycles. The normalized spacial score (nSPS) is 16.3. The van der Waals surface area contributed by atoms with Gasteiger partial charge in [0.05, 0.1) is 19.1 Å². The lowest BCUT2D eigenvalue weighted by atomic mass is 9.97. The average molecular weight is 319 g/mol. The van der Waals surface area contributed by atoms with Crippen molar-refractivity contribution in [3.8, 4) is 5.75 Å². The number of benzene rings is 1. The zero-order valence-electron chi connectivity index (χ0n) is 14.6. The topological polar surface area (TPSA) is 38.8 Å². The van der Waals surface area contributed by atoms with Crippen LogP contribution >= 0.6 is 0 Å². The van der Waals surface area contributed by atoms with Crippen molar-refractivity contribution in [1.29, 1.82) is 0 Å². The molecule has 1 aromatic carbocycles.